The van der Waals surface area contributed by atoms with Gasteiger partial charge in [0.15, 0.2) is 5.76 Å². The molecule has 29 heavy (non-hydrogen) atoms. The molecule has 1 aromatic carbocycles. The number of furan rings is 1. The van der Waals surface area contributed by atoms with Gasteiger partial charge in [0.05, 0.1) is 6.61 Å². The average Bonchev–Trinajstić information content (AvgIpc) is 3.20. The third-order valence-corrected chi connectivity index (χ3v) is 4.01. The molecule has 0 saturated heterocycles. The molecule has 0 saturated carbocycles. The standard InChI is InChI=1S/C21H27N3O5/c1-13(2)12-28-21(27)23-11-15-6-5-7-16(10-15)17-8-9-18(29-17)20(26)24-14(3)19(25)22-4/h5-10,13-14H,11-12H2,1-4H3,(H,22,25)(H,23,27)(H,24,26). The van der Waals surface area contributed by atoms with Gasteiger partial charge in [-0.05, 0) is 36.6 Å². The van der Waals surface area contributed by atoms with Crippen molar-refractivity contribution in [2.24, 2.45) is 5.92 Å². The lowest BCUT2D eigenvalue weighted by atomic mass is 10.1. The van der Waals surface area contributed by atoms with Crippen molar-refractivity contribution in [2.45, 2.75) is 33.4 Å². The summed E-state index contributed by atoms with van der Waals surface area (Å²) in [6, 6.07) is 9.96. The first-order valence-corrected chi connectivity index (χ1v) is 9.42. The molecule has 0 radical (unpaired) electrons. The van der Waals surface area contributed by atoms with Crippen molar-refractivity contribution in [2.75, 3.05) is 13.7 Å². The number of rotatable bonds is 8. The highest BCUT2D eigenvalue weighted by molar-refractivity contribution is 5.95. The topological polar surface area (TPSA) is 110 Å². The fraction of sp³-hybridized carbons (Fsp3) is 0.381. The minimum Gasteiger partial charge on any atom is -0.451 e. The van der Waals surface area contributed by atoms with E-state index in [9.17, 15) is 14.4 Å². The molecule has 8 nitrogen and oxygen atoms in total. The average molecular weight is 401 g/mol. The van der Waals surface area contributed by atoms with E-state index in [4.69, 9.17) is 9.15 Å². The lowest BCUT2D eigenvalue weighted by Gasteiger charge is -2.10. The Hall–Kier alpha value is -3.29. The zero-order valence-corrected chi connectivity index (χ0v) is 17.1. The van der Waals surface area contributed by atoms with Crippen molar-refractivity contribution >= 4 is 17.9 Å². The molecule has 1 atom stereocenters. The molecule has 0 spiro atoms. The molecule has 3 amide bonds. The van der Waals surface area contributed by atoms with E-state index < -0.39 is 18.0 Å². The number of ether oxygens (including phenoxy) is 1. The van der Waals surface area contributed by atoms with Crippen LogP contribution in [0.3, 0.4) is 0 Å². The summed E-state index contributed by atoms with van der Waals surface area (Å²) < 4.78 is 10.7. The molecule has 2 aromatic rings. The Balaban J connectivity index is 1.99. The zero-order chi connectivity index (χ0) is 21.4. The second-order valence-electron chi connectivity index (χ2n) is 7.02. The van der Waals surface area contributed by atoms with Crippen LogP contribution >= 0.6 is 0 Å². The van der Waals surface area contributed by atoms with Crippen LogP contribution in [-0.4, -0.2) is 37.6 Å². The Morgan fingerprint density at radius 3 is 2.55 bits per heavy atom. The quantitative estimate of drug-likeness (QED) is 0.630. The van der Waals surface area contributed by atoms with Crippen LogP contribution in [0.1, 0.15) is 36.9 Å². The maximum atomic E-state index is 12.2. The van der Waals surface area contributed by atoms with Crippen molar-refractivity contribution < 1.29 is 23.5 Å². The molecule has 156 valence electrons. The number of benzene rings is 1. The molecule has 0 fully saturated rings. The van der Waals surface area contributed by atoms with Crippen LogP contribution in [0.2, 0.25) is 0 Å². The maximum absolute atomic E-state index is 12.2. The first-order chi connectivity index (χ1) is 13.8. The summed E-state index contributed by atoms with van der Waals surface area (Å²) in [6.45, 7) is 6.19. The summed E-state index contributed by atoms with van der Waals surface area (Å²) in [5.41, 5.74) is 1.62. The van der Waals surface area contributed by atoms with E-state index >= 15 is 0 Å². The SMILES string of the molecule is CNC(=O)C(C)NC(=O)c1ccc(-c2cccc(CNC(=O)OCC(C)C)c2)o1. The van der Waals surface area contributed by atoms with E-state index in [2.05, 4.69) is 16.0 Å². The van der Waals surface area contributed by atoms with Crippen molar-refractivity contribution in [3.8, 4) is 11.3 Å². The molecule has 1 aromatic heterocycles. The van der Waals surface area contributed by atoms with E-state index in [0.29, 0.717) is 18.9 Å². The van der Waals surface area contributed by atoms with Crippen molar-refractivity contribution in [3.05, 3.63) is 47.7 Å². The molecule has 1 heterocycles. The van der Waals surface area contributed by atoms with E-state index in [1.807, 2.05) is 38.1 Å². The molecule has 0 bridgehead atoms. The van der Waals surface area contributed by atoms with Crippen LogP contribution in [0.25, 0.3) is 11.3 Å². The molecule has 3 N–H and O–H groups in total. The Morgan fingerprint density at radius 2 is 1.86 bits per heavy atom. The van der Waals surface area contributed by atoms with Crippen molar-refractivity contribution in [1.29, 1.82) is 0 Å². The highest BCUT2D eigenvalue weighted by Gasteiger charge is 2.18. The lowest BCUT2D eigenvalue weighted by Crippen LogP contribution is -2.43. The van der Waals surface area contributed by atoms with Gasteiger partial charge in [0.1, 0.15) is 11.8 Å². The van der Waals surface area contributed by atoms with E-state index in [0.717, 1.165) is 11.1 Å². The zero-order valence-electron chi connectivity index (χ0n) is 17.1. The number of carbonyl (C=O) groups excluding carboxylic acids is 3. The number of nitrogens with one attached hydrogen (secondary N) is 3. The van der Waals surface area contributed by atoms with Gasteiger partial charge in [0, 0.05) is 19.2 Å². The Kier molecular flexibility index (Phi) is 7.82. The van der Waals surface area contributed by atoms with Gasteiger partial charge in [0.2, 0.25) is 5.91 Å². The highest BCUT2D eigenvalue weighted by Crippen LogP contribution is 2.23. The summed E-state index contributed by atoms with van der Waals surface area (Å²) in [4.78, 5) is 35.4. The normalized spacial score (nSPS) is 11.6. The minimum absolute atomic E-state index is 0.108. The summed E-state index contributed by atoms with van der Waals surface area (Å²) in [5.74, 6) is 0.118. The van der Waals surface area contributed by atoms with Crippen LogP contribution in [0.4, 0.5) is 4.79 Å². The van der Waals surface area contributed by atoms with Crippen molar-refractivity contribution in [3.63, 3.8) is 0 Å². The largest absolute Gasteiger partial charge is 0.451 e. The predicted octanol–water partition coefficient (Wildman–Crippen LogP) is 2.69. The Morgan fingerprint density at radius 1 is 1.10 bits per heavy atom. The fourth-order valence-corrected chi connectivity index (χ4v) is 2.47. The minimum atomic E-state index is -0.675. The van der Waals surface area contributed by atoms with Crippen LogP contribution < -0.4 is 16.0 Å². The smallest absolute Gasteiger partial charge is 0.407 e. The molecule has 0 aliphatic rings. The van der Waals surface area contributed by atoms with Gasteiger partial charge < -0.3 is 25.1 Å². The number of hydrogen-bond acceptors (Lipinski definition) is 5. The summed E-state index contributed by atoms with van der Waals surface area (Å²) >= 11 is 0. The summed E-state index contributed by atoms with van der Waals surface area (Å²) in [7, 11) is 1.50. The van der Waals surface area contributed by atoms with Gasteiger partial charge in [-0.25, -0.2) is 4.79 Å². The summed E-state index contributed by atoms with van der Waals surface area (Å²) in [5, 5.41) is 7.74. The van der Waals surface area contributed by atoms with E-state index in [1.54, 1.807) is 19.1 Å². The first-order valence-electron chi connectivity index (χ1n) is 9.42. The van der Waals surface area contributed by atoms with Gasteiger partial charge >= 0.3 is 6.09 Å². The van der Waals surface area contributed by atoms with Gasteiger partial charge in [-0.1, -0.05) is 32.0 Å². The summed E-state index contributed by atoms with van der Waals surface area (Å²) in [6.07, 6.45) is -0.466. The van der Waals surface area contributed by atoms with Crippen LogP contribution in [0.15, 0.2) is 40.8 Å². The Bertz CT molecular complexity index is 860. The van der Waals surface area contributed by atoms with Gasteiger partial charge in [-0.3, -0.25) is 9.59 Å². The maximum Gasteiger partial charge on any atom is 0.407 e. The molecule has 0 aliphatic heterocycles. The third-order valence-electron chi connectivity index (χ3n) is 4.01. The molecule has 8 heteroatoms. The molecule has 2 rings (SSSR count). The predicted molar refractivity (Wildman–Crippen MR) is 108 cm³/mol. The molecular weight excluding hydrogens is 374 g/mol. The monoisotopic (exact) mass is 401 g/mol. The van der Waals surface area contributed by atoms with Gasteiger partial charge in [0.25, 0.3) is 5.91 Å². The number of amides is 3. The van der Waals surface area contributed by atoms with E-state index in [-0.39, 0.29) is 17.6 Å². The van der Waals surface area contributed by atoms with Crippen LogP contribution in [-0.2, 0) is 16.1 Å². The highest BCUT2D eigenvalue weighted by atomic mass is 16.5. The number of alkyl carbamates (subject to hydrolysis) is 1. The third kappa shape index (κ3) is 6.67. The van der Waals surface area contributed by atoms with E-state index in [1.165, 1.54) is 7.05 Å². The first kappa shape index (κ1) is 22.0. The fourth-order valence-electron chi connectivity index (χ4n) is 2.47. The van der Waals surface area contributed by atoms with Crippen LogP contribution in [0.5, 0.6) is 0 Å². The Labute approximate surface area is 170 Å². The van der Waals surface area contributed by atoms with Crippen LogP contribution in [0, 0.1) is 5.92 Å². The lowest BCUT2D eigenvalue weighted by molar-refractivity contribution is -0.122. The number of carbonyl (C=O) groups is 3. The number of hydrogen-bond donors (Lipinski definition) is 3. The van der Waals surface area contributed by atoms with Crippen molar-refractivity contribution in [1.82, 2.24) is 16.0 Å². The molecule has 0 aliphatic carbocycles. The number of likely N-dealkylation sites (N-methyl/N-ethyl adjacent to an activating group) is 1. The van der Waals surface area contributed by atoms with Gasteiger partial charge in [-0.15, -0.1) is 0 Å². The second kappa shape index (κ2) is 10.3. The van der Waals surface area contributed by atoms with Gasteiger partial charge in [-0.2, -0.15) is 0 Å². The molecular formula is C21H27N3O5. The molecule has 1 unspecified atom stereocenters. The second-order valence-corrected chi connectivity index (χ2v) is 7.02.